The fourth-order valence-electron chi connectivity index (χ4n) is 2.22. The molecular weight excluding hydrogens is 288 g/mol. The van der Waals surface area contributed by atoms with E-state index in [1.54, 1.807) is 6.20 Å². The maximum Gasteiger partial charge on any atom is 0.182 e. The molecule has 1 atom stereocenters. The second-order valence-electron chi connectivity index (χ2n) is 5.76. The average Bonchev–Trinajstić information content (AvgIpc) is 2.54. The summed E-state index contributed by atoms with van der Waals surface area (Å²) in [5.41, 5.74) is 1.59. The van der Waals surface area contributed by atoms with Gasteiger partial charge in [0, 0.05) is 18.4 Å². The molecule has 0 saturated heterocycles. The van der Waals surface area contributed by atoms with Gasteiger partial charge in [0.1, 0.15) is 11.8 Å². The molecule has 1 aromatic heterocycles. The Morgan fingerprint density at radius 1 is 1.13 bits per heavy atom. The van der Waals surface area contributed by atoms with Crippen LogP contribution in [0.5, 0.6) is 5.75 Å². The van der Waals surface area contributed by atoms with Crippen molar-refractivity contribution in [2.24, 2.45) is 0 Å². The molecule has 0 radical (unpaired) electrons. The fourth-order valence-corrected chi connectivity index (χ4v) is 2.22. The van der Waals surface area contributed by atoms with Crippen molar-refractivity contribution in [1.82, 2.24) is 9.97 Å². The summed E-state index contributed by atoms with van der Waals surface area (Å²) in [7, 11) is 0. The van der Waals surface area contributed by atoms with E-state index in [9.17, 15) is 0 Å². The molecule has 0 aliphatic heterocycles. The third-order valence-electron chi connectivity index (χ3n) is 3.35. The highest BCUT2D eigenvalue weighted by atomic mass is 16.5. The van der Waals surface area contributed by atoms with Crippen LogP contribution in [0.2, 0.25) is 0 Å². The molecule has 23 heavy (non-hydrogen) atoms. The molecule has 0 fully saturated rings. The third-order valence-corrected chi connectivity index (χ3v) is 3.35. The summed E-state index contributed by atoms with van der Waals surface area (Å²) in [6.45, 7) is 6.11. The standard InChI is InChI=1S/C18H22N4O/c1-13(2)23-16-8-6-15(7-9-16)5-4-14(3)22-18-17(12-19)20-10-11-21-18/h6-11,13-14H,4-5H2,1-3H3,(H,21,22). The Hall–Kier alpha value is -2.61. The van der Waals surface area contributed by atoms with Gasteiger partial charge in [-0.2, -0.15) is 5.26 Å². The normalized spacial score (nSPS) is 11.8. The van der Waals surface area contributed by atoms with Gasteiger partial charge >= 0.3 is 0 Å². The highest BCUT2D eigenvalue weighted by Gasteiger charge is 2.08. The van der Waals surface area contributed by atoms with Crippen LogP contribution in [0.25, 0.3) is 0 Å². The van der Waals surface area contributed by atoms with Gasteiger partial charge in [-0.25, -0.2) is 9.97 Å². The topological polar surface area (TPSA) is 70.8 Å². The number of hydrogen-bond donors (Lipinski definition) is 1. The lowest BCUT2D eigenvalue weighted by Gasteiger charge is -2.15. The second kappa shape index (κ2) is 8.14. The zero-order valence-electron chi connectivity index (χ0n) is 13.8. The van der Waals surface area contributed by atoms with Gasteiger partial charge in [0.05, 0.1) is 6.10 Å². The molecule has 2 aromatic rings. The van der Waals surface area contributed by atoms with Crippen LogP contribution in [0.4, 0.5) is 5.82 Å². The molecule has 5 heteroatoms. The molecule has 1 N–H and O–H groups in total. The lowest BCUT2D eigenvalue weighted by Crippen LogP contribution is -2.18. The van der Waals surface area contributed by atoms with E-state index >= 15 is 0 Å². The Labute approximate surface area is 137 Å². The smallest absolute Gasteiger partial charge is 0.182 e. The number of aromatic nitrogens is 2. The first-order valence-electron chi connectivity index (χ1n) is 7.81. The Morgan fingerprint density at radius 3 is 2.48 bits per heavy atom. The van der Waals surface area contributed by atoms with E-state index < -0.39 is 0 Å². The Kier molecular flexibility index (Phi) is 5.93. The summed E-state index contributed by atoms with van der Waals surface area (Å²) >= 11 is 0. The van der Waals surface area contributed by atoms with Crippen molar-refractivity contribution in [2.45, 2.75) is 45.8 Å². The van der Waals surface area contributed by atoms with Gasteiger partial charge in [0.15, 0.2) is 11.5 Å². The van der Waals surface area contributed by atoms with Crippen LogP contribution in [0.1, 0.15) is 38.4 Å². The molecule has 1 heterocycles. The lowest BCUT2D eigenvalue weighted by atomic mass is 10.1. The minimum Gasteiger partial charge on any atom is -0.491 e. The maximum atomic E-state index is 9.02. The number of nitrogens with zero attached hydrogens (tertiary/aromatic N) is 3. The van der Waals surface area contributed by atoms with E-state index in [2.05, 4.69) is 34.3 Å². The number of rotatable bonds is 7. The first-order valence-corrected chi connectivity index (χ1v) is 7.81. The van der Waals surface area contributed by atoms with E-state index in [0.29, 0.717) is 11.5 Å². The van der Waals surface area contributed by atoms with Crippen molar-refractivity contribution in [3.05, 3.63) is 47.9 Å². The second-order valence-corrected chi connectivity index (χ2v) is 5.76. The molecule has 0 aliphatic carbocycles. The van der Waals surface area contributed by atoms with Crippen LogP contribution in [-0.2, 0) is 6.42 Å². The summed E-state index contributed by atoms with van der Waals surface area (Å²) in [6, 6.07) is 10.4. The van der Waals surface area contributed by atoms with E-state index in [1.807, 2.05) is 32.0 Å². The summed E-state index contributed by atoms with van der Waals surface area (Å²) in [5, 5.41) is 12.3. The number of hydrogen-bond acceptors (Lipinski definition) is 5. The number of nitriles is 1. The first kappa shape index (κ1) is 16.8. The van der Waals surface area contributed by atoms with Crippen molar-refractivity contribution in [1.29, 1.82) is 5.26 Å². The van der Waals surface area contributed by atoms with Crippen LogP contribution in [-0.4, -0.2) is 22.1 Å². The van der Waals surface area contributed by atoms with Gasteiger partial charge in [0.2, 0.25) is 0 Å². The van der Waals surface area contributed by atoms with Crippen LogP contribution in [0.3, 0.4) is 0 Å². The predicted molar refractivity (Wildman–Crippen MR) is 90.4 cm³/mol. The van der Waals surface area contributed by atoms with E-state index in [-0.39, 0.29) is 12.1 Å². The highest BCUT2D eigenvalue weighted by Crippen LogP contribution is 2.16. The van der Waals surface area contributed by atoms with Gasteiger partial charge in [0.25, 0.3) is 0 Å². The van der Waals surface area contributed by atoms with Crippen molar-refractivity contribution in [3.63, 3.8) is 0 Å². The quantitative estimate of drug-likeness (QED) is 0.846. The summed E-state index contributed by atoms with van der Waals surface area (Å²) in [6.07, 6.45) is 5.18. The largest absolute Gasteiger partial charge is 0.491 e. The van der Waals surface area contributed by atoms with Crippen molar-refractivity contribution < 1.29 is 4.74 Å². The molecular formula is C18H22N4O. The minimum atomic E-state index is 0.186. The molecule has 0 amide bonds. The molecule has 0 spiro atoms. The van der Waals surface area contributed by atoms with E-state index in [1.165, 1.54) is 11.8 Å². The number of ether oxygens (including phenoxy) is 1. The van der Waals surface area contributed by atoms with E-state index in [4.69, 9.17) is 10.00 Å². The lowest BCUT2D eigenvalue weighted by molar-refractivity contribution is 0.242. The Balaban J connectivity index is 1.87. The molecule has 5 nitrogen and oxygen atoms in total. The monoisotopic (exact) mass is 310 g/mol. The minimum absolute atomic E-state index is 0.186. The summed E-state index contributed by atoms with van der Waals surface area (Å²) in [5.74, 6) is 1.44. The van der Waals surface area contributed by atoms with Gasteiger partial charge in [-0.1, -0.05) is 12.1 Å². The number of anilines is 1. The first-order chi connectivity index (χ1) is 11.1. The molecule has 1 aromatic carbocycles. The van der Waals surface area contributed by atoms with E-state index in [0.717, 1.165) is 18.6 Å². The molecule has 1 unspecified atom stereocenters. The average molecular weight is 310 g/mol. The SMILES string of the molecule is CC(CCc1ccc(OC(C)C)cc1)Nc1nccnc1C#N. The van der Waals surface area contributed by atoms with Gasteiger partial charge < -0.3 is 10.1 Å². The van der Waals surface area contributed by atoms with Crippen molar-refractivity contribution in [2.75, 3.05) is 5.32 Å². The van der Waals surface area contributed by atoms with Gasteiger partial charge in [-0.3, -0.25) is 0 Å². The molecule has 120 valence electrons. The maximum absolute atomic E-state index is 9.02. The summed E-state index contributed by atoms with van der Waals surface area (Å²) < 4.78 is 5.64. The van der Waals surface area contributed by atoms with Gasteiger partial charge in [-0.05, 0) is 51.3 Å². The number of benzene rings is 1. The Morgan fingerprint density at radius 2 is 1.83 bits per heavy atom. The molecule has 0 aliphatic rings. The Bertz CT molecular complexity index is 661. The van der Waals surface area contributed by atoms with Crippen LogP contribution in [0, 0.1) is 11.3 Å². The predicted octanol–water partition coefficient (Wildman–Crippen LogP) is 3.57. The zero-order chi connectivity index (χ0) is 16.7. The molecule has 0 bridgehead atoms. The highest BCUT2D eigenvalue weighted by molar-refractivity contribution is 5.47. The third kappa shape index (κ3) is 5.26. The summed E-state index contributed by atoms with van der Waals surface area (Å²) in [4.78, 5) is 8.17. The molecule has 2 rings (SSSR count). The zero-order valence-corrected chi connectivity index (χ0v) is 13.8. The van der Waals surface area contributed by atoms with Crippen LogP contribution >= 0.6 is 0 Å². The molecule has 0 saturated carbocycles. The number of nitrogens with one attached hydrogen (secondary N) is 1. The van der Waals surface area contributed by atoms with Crippen LogP contribution < -0.4 is 10.1 Å². The van der Waals surface area contributed by atoms with Crippen molar-refractivity contribution in [3.8, 4) is 11.8 Å². The van der Waals surface area contributed by atoms with Gasteiger partial charge in [-0.15, -0.1) is 0 Å². The fraction of sp³-hybridized carbons (Fsp3) is 0.389. The van der Waals surface area contributed by atoms with Crippen molar-refractivity contribution >= 4 is 5.82 Å². The number of aryl methyl sites for hydroxylation is 1. The van der Waals surface area contributed by atoms with Crippen LogP contribution in [0.15, 0.2) is 36.7 Å².